The van der Waals surface area contributed by atoms with Gasteiger partial charge in [0.2, 0.25) is 0 Å². The summed E-state index contributed by atoms with van der Waals surface area (Å²) in [5.41, 5.74) is 2.30. The zero-order valence-corrected chi connectivity index (χ0v) is 29.6. The topological polar surface area (TPSA) is 52.6 Å². The summed E-state index contributed by atoms with van der Waals surface area (Å²) in [5, 5.41) is 0.254. The van der Waals surface area contributed by atoms with E-state index in [2.05, 4.69) is 74.6 Å². The minimum atomic E-state index is -3.48. The molecule has 1 unspecified atom stereocenters. The fraction of sp³-hybridized carbons (Fsp3) is 0.941. The van der Waals surface area contributed by atoms with Crippen LogP contribution in [-0.2, 0) is 18.7 Å². The van der Waals surface area contributed by atoms with Gasteiger partial charge >= 0.3 is 0 Å². The smallest absolute Gasteiger partial charge is 0.264 e. The van der Waals surface area contributed by atoms with Crippen LogP contribution in [-0.4, -0.2) is 35.2 Å². The lowest BCUT2D eigenvalue weighted by molar-refractivity contribution is -0.0648. The van der Waals surface area contributed by atoms with Crippen molar-refractivity contribution in [2.24, 2.45) is 46.3 Å². The summed E-state index contributed by atoms with van der Waals surface area (Å²) in [6.45, 7) is 23.8. The molecule has 0 aliphatic heterocycles. The highest BCUT2D eigenvalue weighted by molar-refractivity contribution is 7.86. The number of hydrogen-bond donors (Lipinski definition) is 0. The van der Waals surface area contributed by atoms with Crippen molar-refractivity contribution >= 4 is 18.4 Å². The van der Waals surface area contributed by atoms with Gasteiger partial charge in [0, 0.05) is 6.10 Å². The number of rotatable bonds is 9. The molecule has 4 rings (SSSR count). The molecule has 4 aliphatic carbocycles. The van der Waals surface area contributed by atoms with Gasteiger partial charge in [-0.3, -0.25) is 4.18 Å². The normalized spacial score (nSPS) is 38.3. The molecule has 4 aliphatic rings. The van der Waals surface area contributed by atoms with Crippen LogP contribution in [0.3, 0.4) is 0 Å². The Balaban J connectivity index is 1.51. The van der Waals surface area contributed by atoms with E-state index in [1.807, 2.05) is 0 Å². The maximum absolute atomic E-state index is 12.2. The van der Waals surface area contributed by atoms with E-state index in [4.69, 9.17) is 8.61 Å². The van der Waals surface area contributed by atoms with Crippen molar-refractivity contribution in [3.8, 4) is 0 Å². The Labute approximate surface area is 249 Å². The molecular formula is C34H62O4SSi. The maximum Gasteiger partial charge on any atom is 0.264 e. The third kappa shape index (κ3) is 6.36. The summed E-state index contributed by atoms with van der Waals surface area (Å²) in [6.07, 6.45) is 15.8. The van der Waals surface area contributed by atoms with E-state index in [-0.39, 0.29) is 22.5 Å². The van der Waals surface area contributed by atoms with Crippen LogP contribution >= 0.6 is 0 Å². The number of allylic oxidation sites excluding steroid dienone is 1. The average Bonchev–Trinajstić information content (AvgIpc) is 3.17. The maximum atomic E-state index is 12.2. The van der Waals surface area contributed by atoms with E-state index in [1.54, 1.807) is 5.57 Å². The van der Waals surface area contributed by atoms with Gasteiger partial charge < -0.3 is 4.43 Å². The standard InChI is InChI=1S/C34H62O4SSi/c1-23(2)12-17-31(37-39(9,35)36)24(3)28-15-16-29-27-14-13-25-22-26(38-40(10,11)32(4,5)6)18-20-33(25,7)30(27)19-21-34(28,29)8/h13,23-24,26-31H,12,14-22H2,1-11H3/t24-,26-,27-,28+,29-,30-,31?,33-,34+/m1/s1. The predicted octanol–water partition coefficient (Wildman–Crippen LogP) is 9.37. The van der Waals surface area contributed by atoms with E-state index in [1.165, 1.54) is 51.2 Å². The molecule has 40 heavy (non-hydrogen) atoms. The van der Waals surface area contributed by atoms with Crippen LogP contribution in [0.5, 0.6) is 0 Å². The Kier molecular flexibility index (Phi) is 9.32. The van der Waals surface area contributed by atoms with Gasteiger partial charge in [0.25, 0.3) is 10.1 Å². The molecule has 0 amide bonds. The van der Waals surface area contributed by atoms with Gasteiger partial charge in [-0.2, -0.15) is 8.42 Å². The minimum Gasteiger partial charge on any atom is -0.414 e. The zero-order chi connectivity index (χ0) is 29.9. The van der Waals surface area contributed by atoms with Gasteiger partial charge in [-0.25, -0.2) is 0 Å². The molecule has 4 nitrogen and oxygen atoms in total. The van der Waals surface area contributed by atoms with Crippen LogP contribution in [0.25, 0.3) is 0 Å². The summed E-state index contributed by atoms with van der Waals surface area (Å²) in [6, 6.07) is 0. The van der Waals surface area contributed by atoms with E-state index < -0.39 is 18.4 Å². The number of hydrogen-bond acceptors (Lipinski definition) is 4. The molecule has 0 aromatic rings. The summed E-state index contributed by atoms with van der Waals surface area (Å²) in [7, 11) is -5.24. The van der Waals surface area contributed by atoms with Crippen LogP contribution in [0, 0.1) is 46.3 Å². The second-order valence-electron chi connectivity index (χ2n) is 16.9. The lowest BCUT2D eigenvalue weighted by Crippen LogP contribution is -2.52. The van der Waals surface area contributed by atoms with E-state index in [9.17, 15) is 8.42 Å². The van der Waals surface area contributed by atoms with Crippen molar-refractivity contribution in [2.45, 2.75) is 150 Å². The molecule has 0 saturated heterocycles. The van der Waals surface area contributed by atoms with Crippen LogP contribution < -0.4 is 0 Å². The first kappa shape index (κ1) is 32.7. The van der Waals surface area contributed by atoms with Crippen molar-refractivity contribution in [1.82, 2.24) is 0 Å². The van der Waals surface area contributed by atoms with Crippen molar-refractivity contribution in [3.05, 3.63) is 11.6 Å². The fourth-order valence-corrected chi connectivity index (χ4v) is 11.7. The van der Waals surface area contributed by atoms with Crippen LogP contribution in [0.1, 0.15) is 120 Å². The summed E-state index contributed by atoms with van der Waals surface area (Å²) >= 11 is 0. The Bertz CT molecular complexity index is 1040. The van der Waals surface area contributed by atoms with Crippen molar-refractivity contribution in [1.29, 1.82) is 0 Å². The first-order valence-corrected chi connectivity index (χ1v) is 21.3. The van der Waals surface area contributed by atoms with E-state index in [0.29, 0.717) is 23.4 Å². The lowest BCUT2D eigenvalue weighted by Gasteiger charge is -2.59. The molecule has 9 atom stereocenters. The lowest BCUT2D eigenvalue weighted by atomic mass is 9.47. The average molecular weight is 595 g/mol. The monoisotopic (exact) mass is 594 g/mol. The van der Waals surface area contributed by atoms with Gasteiger partial charge in [0.05, 0.1) is 12.4 Å². The molecule has 0 spiro atoms. The van der Waals surface area contributed by atoms with Crippen molar-refractivity contribution < 1.29 is 17.0 Å². The first-order chi connectivity index (χ1) is 18.3. The van der Waals surface area contributed by atoms with Gasteiger partial charge in [-0.05, 0) is 129 Å². The molecule has 232 valence electrons. The molecule has 3 fully saturated rings. The third-order valence-electron chi connectivity index (χ3n) is 12.9. The molecule has 0 radical (unpaired) electrons. The Morgan fingerprint density at radius 1 is 1.00 bits per heavy atom. The fourth-order valence-electron chi connectivity index (χ4n) is 9.61. The molecular weight excluding hydrogens is 533 g/mol. The van der Waals surface area contributed by atoms with Crippen molar-refractivity contribution in [2.75, 3.05) is 6.26 Å². The second kappa shape index (κ2) is 11.4. The predicted molar refractivity (Wildman–Crippen MR) is 170 cm³/mol. The quantitative estimate of drug-likeness (QED) is 0.152. The molecule has 6 heteroatoms. The SMILES string of the molecule is CC(C)CCC(OS(C)(=O)=O)[C@H](C)[C@@H]1CC[C@@H]2[C@H]3CC=C4C[C@H](O[Si](C)(C)C(C)(C)C)CC[C@@]4(C)[C@@H]3CC[C@]21C. The summed E-state index contributed by atoms with van der Waals surface area (Å²) in [5.74, 6) is 3.60. The van der Waals surface area contributed by atoms with Crippen LogP contribution in [0.4, 0.5) is 0 Å². The molecule has 0 aromatic heterocycles. The molecule has 0 N–H and O–H groups in total. The highest BCUT2D eigenvalue weighted by atomic mass is 32.2. The minimum absolute atomic E-state index is 0.206. The third-order valence-corrected chi connectivity index (χ3v) is 18.1. The van der Waals surface area contributed by atoms with E-state index >= 15 is 0 Å². The first-order valence-electron chi connectivity index (χ1n) is 16.5. The Morgan fingerprint density at radius 2 is 1.68 bits per heavy atom. The number of fused-ring (bicyclic) bond motifs is 5. The molecule has 0 heterocycles. The Hall–Kier alpha value is -0.173. The molecule has 0 aromatic carbocycles. The molecule has 3 saturated carbocycles. The molecule has 0 bridgehead atoms. The Morgan fingerprint density at radius 3 is 2.27 bits per heavy atom. The zero-order valence-electron chi connectivity index (χ0n) is 27.8. The van der Waals surface area contributed by atoms with E-state index in [0.717, 1.165) is 37.0 Å². The summed E-state index contributed by atoms with van der Waals surface area (Å²) in [4.78, 5) is 0. The highest BCUT2D eigenvalue weighted by Crippen LogP contribution is 2.67. The van der Waals surface area contributed by atoms with Gasteiger partial charge in [0.15, 0.2) is 8.32 Å². The van der Waals surface area contributed by atoms with Gasteiger partial charge in [0.1, 0.15) is 0 Å². The second-order valence-corrected chi connectivity index (χ2v) is 23.3. The van der Waals surface area contributed by atoms with Crippen LogP contribution in [0.15, 0.2) is 11.6 Å². The van der Waals surface area contributed by atoms with Gasteiger partial charge in [-0.15, -0.1) is 0 Å². The summed E-state index contributed by atoms with van der Waals surface area (Å²) < 4.78 is 37.2. The van der Waals surface area contributed by atoms with Gasteiger partial charge in [-0.1, -0.05) is 67.0 Å². The largest absolute Gasteiger partial charge is 0.414 e. The van der Waals surface area contributed by atoms with Crippen LogP contribution in [0.2, 0.25) is 18.1 Å². The highest BCUT2D eigenvalue weighted by Gasteiger charge is 2.60. The van der Waals surface area contributed by atoms with Crippen molar-refractivity contribution in [3.63, 3.8) is 0 Å².